The standard InChI is InChI=1S/C16H22O2/c1-11-5-6-15-13(3)10-18-16(15)9-12(2)8-14(7-11)17-4/h5,8,10,14H,6-7,9H2,1-4H3/t14-/m0/s1. The minimum Gasteiger partial charge on any atom is -0.468 e. The molecule has 0 spiro atoms. The zero-order valence-corrected chi connectivity index (χ0v) is 11.7. The van der Waals surface area contributed by atoms with Gasteiger partial charge in [-0.05, 0) is 39.2 Å². The van der Waals surface area contributed by atoms with Crippen molar-refractivity contribution < 1.29 is 9.15 Å². The lowest BCUT2D eigenvalue weighted by molar-refractivity contribution is 0.140. The number of hydrogen-bond donors (Lipinski definition) is 0. The van der Waals surface area contributed by atoms with E-state index in [0.29, 0.717) is 0 Å². The minimum absolute atomic E-state index is 0.179. The summed E-state index contributed by atoms with van der Waals surface area (Å²) in [5.41, 5.74) is 5.29. The Morgan fingerprint density at radius 1 is 1.22 bits per heavy atom. The second-order valence-electron chi connectivity index (χ2n) is 5.24. The van der Waals surface area contributed by atoms with Gasteiger partial charge in [0.2, 0.25) is 0 Å². The Labute approximate surface area is 109 Å². The lowest BCUT2D eigenvalue weighted by atomic mass is 9.97. The first-order chi connectivity index (χ1) is 8.60. The first-order valence-corrected chi connectivity index (χ1v) is 6.51. The molecule has 1 aliphatic carbocycles. The molecule has 0 fully saturated rings. The second-order valence-corrected chi connectivity index (χ2v) is 5.24. The third-order valence-corrected chi connectivity index (χ3v) is 3.58. The van der Waals surface area contributed by atoms with Crippen LogP contribution in [0.25, 0.3) is 0 Å². The van der Waals surface area contributed by atoms with Crippen molar-refractivity contribution in [3.63, 3.8) is 0 Å². The van der Waals surface area contributed by atoms with Crippen LogP contribution in [-0.2, 0) is 17.6 Å². The van der Waals surface area contributed by atoms with Crippen molar-refractivity contribution in [1.82, 2.24) is 0 Å². The fraction of sp³-hybridized carbons (Fsp3) is 0.500. The van der Waals surface area contributed by atoms with Crippen LogP contribution in [0.2, 0.25) is 0 Å². The molecule has 0 N–H and O–H groups in total. The number of allylic oxidation sites excluding steroid dienone is 2. The lowest BCUT2D eigenvalue weighted by Gasteiger charge is -2.15. The topological polar surface area (TPSA) is 22.4 Å². The summed E-state index contributed by atoms with van der Waals surface area (Å²) in [6.45, 7) is 6.44. The number of aryl methyl sites for hydroxylation is 1. The predicted molar refractivity (Wildman–Crippen MR) is 73.8 cm³/mol. The molecule has 0 aliphatic heterocycles. The van der Waals surface area contributed by atoms with Crippen LogP contribution in [0.15, 0.2) is 34.0 Å². The summed E-state index contributed by atoms with van der Waals surface area (Å²) in [5.74, 6) is 1.10. The maximum absolute atomic E-state index is 5.68. The molecule has 1 heterocycles. The van der Waals surface area contributed by atoms with E-state index in [0.717, 1.165) is 25.0 Å². The molecule has 1 aromatic rings. The zero-order valence-electron chi connectivity index (χ0n) is 11.7. The van der Waals surface area contributed by atoms with Crippen molar-refractivity contribution in [2.75, 3.05) is 7.11 Å². The van der Waals surface area contributed by atoms with E-state index >= 15 is 0 Å². The Morgan fingerprint density at radius 3 is 2.72 bits per heavy atom. The van der Waals surface area contributed by atoms with Gasteiger partial charge < -0.3 is 9.15 Å². The summed E-state index contributed by atoms with van der Waals surface area (Å²) in [4.78, 5) is 0. The van der Waals surface area contributed by atoms with Crippen LogP contribution < -0.4 is 0 Å². The molecule has 0 radical (unpaired) electrons. The largest absolute Gasteiger partial charge is 0.468 e. The van der Waals surface area contributed by atoms with Crippen molar-refractivity contribution in [3.05, 3.63) is 46.4 Å². The molecule has 0 saturated heterocycles. The van der Waals surface area contributed by atoms with Crippen LogP contribution in [0.5, 0.6) is 0 Å². The predicted octanol–water partition coefficient (Wildman–Crippen LogP) is 3.98. The van der Waals surface area contributed by atoms with Crippen LogP contribution >= 0.6 is 0 Å². The maximum atomic E-state index is 5.68. The van der Waals surface area contributed by atoms with E-state index < -0.39 is 0 Å². The van der Waals surface area contributed by atoms with Crippen LogP contribution in [0, 0.1) is 6.92 Å². The Kier molecular flexibility index (Phi) is 4.07. The number of methoxy groups -OCH3 is 1. The fourth-order valence-electron chi connectivity index (χ4n) is 2.46. The molecular weight excluding hydrogens is 224 g/mol. The number of ether oxygens (including phenoxy) is 1. The van der Waals surface area contributed by atoms with Crippen molar-refractivity contribution >= 4 is 0 Å². The van der Waals surface area contributed by atoms with Crippen molar-refractivity contribution in [2.45, 2.75) is 46.1 Å². The summed E-state index contributed by atoms with van der Waals surface area (Å²) >= 11 is 0. The number of furan rings is 1. The van der Waals surface area contributed by atoms with E-state index in [4.69, 9.17) is 9.15 Å². The average molecular weight is 246 g/mol. The zero-order chi connectivity index (χ0) is 13.1. The Morgan fingerprint density at radius 2 is 2.00 bits per heavy atom. The molecule has 1 atom stereocenters. The highest BCUT2D eigenvalue weighted by molar-refractivity contribution is 5.33. The molecular formula is C16H22O2. The van der Waals surface area contributed by atoms with Gasteiger partial charge in [0.05, 0.1) is 12.4 Å². The Balaban J connectivity index is 2.37. The molecule has 2 rings (SSSR count). The molecule has 0 bridgehead atoms. The summed E-state index contributed by atoms with van der Waals surface area (Å²) in [7, 11) is 1.77. The van der Waals surface area contributed by atoms with Gasteiger partial charge in [0.1, 0.15) is 5.76 Å². The van der Waals surface area contributed by atoms with Crippen LogP contribution in [0.3, 0.4) is 0 Å². The first kappa shape index (κ1) is 13.2. The third kappa shape index (κ3) is 2.94. The second kappa shape index (κ2) is 5.57. The molecule has 18 heavy (non-hydrogen) atoms. The highest BCUT2D eigenvalue weighted by atomic mass is 16.5. The molecule has 0 saturated carbocycles. The van der Waals surface area contributed by atoms with Gasteiger partial charge in [0.15, 0.2) is 0 Å². The molecule has 1 aliphatic rings. The summed E-state index contributed by atoms with van der Waals surface area (Å²) in [6.07, 6.45) is 9.38. The number of hydrogen-bond acceptors (Lipinski definition) is 2. The van der Waals surface area contributed by atoms with E-state index in [2.05, 4.69) is 32.9 Å². The van der Waals surface area contributed by atoms with Crippen LogP contribution in [0.1, 0.15) is 37.2 Å². The molecule has 0 amide bonds. The summed E-state index contributed by atoms with van der Waals surface area (Å²) < 4.78 is 11.2. The van der Waals surface area contributed by atoms with Crippen molar-refractivity contribution in [3.8, 4) is 0 Å². The average Bonchev–Trinajstić information content (AvgIpc) is 2.66. The van der Waals surface area contributed by atoms with E-state index in [1.54, 1.807) is 7.11 Å². The van der Waals surface area contributed by atoms with Gasteiger partial charge in [-0.3, -0.25) is 0 Å². The summed E-state index contributed by atoms with van der Waals surface area (Å²) in [5, 5.41) is 0. The van der Waals surface area contributed by atoms with Crippen LogP contribution in [0.4, 0.5) is 0 Å². The SMILES string of the molecule is CO[C@@H]1C=C(C)Cc2occ(C)c2CC=C(C)C1. The van der Waals surface area contributed by atoms with Gasteiger partial charge in [0, 0.05) is 19.1 Å². The Bertz CT molecular complexity index is 477. The molecule has 98 valence electrons. The third-order valence-electron chi connectivity index (χ3n) is 3.58. The van der Waals surface area contributed by atoms with Crippen molar-refractivity contribution in [2.24, 2.45) is 0 Å². The number of fused-ring (bicyclic) bond motifs is 1. The smallest absolute Gasteiger partial charge is 0.111 e. The normalized spacial score (nSPS) is 21.0. The number of rotatable bonds is 1. The fourth-order valence-corrected chi connectivity index (χ4v) is 2.46. The molecule has 2 heteroatoms. The maximum Gasteiger partial charge on any atom is 0.111 e. The van der Waals surface area contributed by atoms with Crippen molar-refractivity contribution in [1.29, 1.82) is 0 Å². The van der Waals surface area contributed by atoms with Gasteiger partial charge in [-0.1, -0.05) is 23.3 Å². The Hall–Kier alpha value is -1.28. The van der Waals surface area contributed by atoms with E-state index in [1.165, 1.54) is 22.3 Å². The quantitative estimate of drug-likeness (QED) is 0.699. The van der Waals surface area contributed by atoms with Gasteiger partial charge in [-0.25, -0.2) is 0 Å². The molecule has 0 unspecified atom stereocenters. The van der Waals surface area contributed by atoms with E-state index in [-0.39, 0.29) is 6.10 Å². The first-order valence-electron chi connectivity index (χ1n) is 6.51. The monoisotopic (exact) mass is 246 g/mol. The van der Waals surface area contributed by atoms with Gasteiger partial charge in [-0.15, -0.1) is 0 Å². The minimum atomic E-state index is 0.179. The molecule has 1 aromatic heterocycles. The van der Waals surface area contributed by atoms with E-state index in [1.807, 2.05) is 6.26 Å². The summed E-state index contributed by atoms with van der Waals surface area (Å²) in [6, 6.07) is 0. The lowest BCUT2D eigenvalue weighted by Crippen LogP contribution is -2.10. The highest BCUT2D eigenvalue weighted by Gasteiger charge is 2.14. The van der Waals surface area contributed by atoms with Crippen LogP contribution in [-0.4, -0.2) is 13.2 Å². The van der Waals surface area contributed by atoms with Gasteiger partial charge in [0.25, 0.3) is 0 Å². The van der Waals surface area contributed by atoms with E-state index in [9.17, 15) is 0 Å². The van der Waals surface area contributed by atoms with Gasteiger partial charge >= 0.3 is 0 Å². The molecule has 2 nitrogen and oxygen atoms in total. The molecule has 0 aromatic carbocycles. The highest BCUT2D eigenvalue weighted by Crippen LogP contribution is 2.24. The van der Waals surface area contributed by atoms with Gasteiger partial charge in [-0.2, -0.15) is 0 Å².